The van der Waals surface area contributed by atoms with Gasteiger partial charge in [0.1, 0.15) is 0 Å². The summed E-state index contributed by atoms with van der Waals surface area (Å²) < 4.78 is 2.14. The number of aliphatic hydroxyl groups excluding tert-OH is 1. The lowest BCUT2D eigenvalue weighted by Crippen LogP contribution is -2.29. The Morgan fingerprint density at radius 1 is 1.64 bits per heavy atom. The van der Waals surface area contributed by atoms with Gasteiger partial charge in [0, 0.05) is 25.3 Å². The zero-order valence-corrected chi connectivity index (χ0v) is 8.90. The van der Waals surface area contributed by atoms with Crippen molar-refractivity contribution in [2.24, 2.45) is 0 Å². The number of imidazole rings is 1. The lowest BCUT2D eigenvalue weighted by Gasteiger charge is -2.11. The van der Waals surface area contributed by atoms with Crippen molar-refractivity contribution in [3.8, 4) is 0 Å². The van der Waals surface area contributed by atoms with Crippen molar-refractivity contribution in [1.29, 1.82) is 0 Å². The summed E-state index contributed by atoms with van der Waals surface area (Å²) in [6.45, 7) is 6.04. The topological polar surface area (TPSA) is 50.1 Å². The van der Waals surface area contributed by atoms with Crippen LogP contribution in [0.25, 0.3) is 0 Å². The van der Waals surface area contributed by atoms with Gasteiger partial charge < -0.3 is 15.0 Å². The van der Waals surface area contributed by atoms with Gasteiger partial charge in [-0.2, -0.15) is 0 Å². The summed E-state index contributed by atoms with van der Waals surface area (Å²) in [6.07, 6.45) is 4.83. The number of aryl methyl sites for hydroxylation is 1. The fourth-order valence-electron chi connectivity index (χ4n) is 1.28. The van der Waals surface area contributed by atoms with E-state index in [1.807, 2.05) is 19.4 Å². The van der Waals surface area contributed by atoms with Gasteiger partial charge in [-0.1, -0.05) is 6.92 Å². The number of hydrogen-bond acceptors (Lipinski definition) is 3. The highest BCUT2D eigenvalue weighted by atomic mass is 16.3. The van der Waals surface area contributed by atoms with Crippen molar-refractivity contribution >= 4 is 0 Å². The summed E-state index contributed by atoms with van der Waals surface area (Å²) in [5, 5.41) is 12.1. The smallest absolute Gasteiger partial charge is 0.0948 e. The minimum absolute atomic E-state index is 0.139. The van der Waals surface area contributed by atoms with Gasteiger partial charge in [-0.3, -0.25) is 0 Å². The highest BCUT2D eigenvalue weighted by Gasteiger charge is 2.03. The molecule has 0 aliphatic heterocycles. The molecule has 0 amide bonds. The molecule has 0 aromatic carbocycles. The molecule has 2 N–H and O–H groups in total. The Bertz CT molecular complexity index is 260. The molecule has 0 aliphatic carbocycles. The van der Waals surface area contributed by atoms with Crippen molar-refractivity contribution in [2.75, 3.05) is 6.61 Å². The quantitative estimate of drug-likeness (QED) is 0.708. The maximum atomic E-state index is 8.85. The predicted molar refractivity (Wildman–Crippen MR) is 55.9 cm³/mol. The zero-order chi connectivity index (χ0) is 10.4. The average Bonchev–Trinajstić information content (AvgIpc) is 2.62. The Morgan fingerprint density at radius 3 is 3.07 bits per heavy atom. The Labute approximate surface area is 85.0 Å². The van der Waals surface area contributed by atoms with Crippen LogP contribution in [0.15, 0.2) is 12.5 Å². The molecule has 14 heavy (non-hydrogen) atoms. The Morgan fingerprint density at radius 2 is 2.43 bits per heavy atom. The lowest BCUT2D eigenvalue weighted by atomic mass is 10.3. The second kappa shape index (κ2) is 5.78. The first-order valence-electron chi connectivity index (χ1n) is 5.11. The molecule has 1 heterocycles. The van der Waals surface area contributed by atoms with Crippen LogP contribution < -0.4 is 5.32 Å². The highest BCUT2D eigenvalue weighted by Crippen LogP contribution is 2.00. The summed E-state index contributed by atoms with van der Waals surface area (Å²) in [7, 11) is 0. The van der Waals surface area contributed by atoms with Gasteiger partial charge in [-0.05, 0) is 13.3 Å². The normalized spacial score (nSPS) is 13.1. The number of nitrogens with zero attached hydrogens (tertiary/aromatic N) is 2. The lowest BCUT2D eigenvalue weighted by molar-refractivity contribution is 0.250. The molecule has 0 spiro atoms. The van der Waals surface area contributed by atoms with Crippen LogP contribution in [-0.2, 0) is 13.1 Å². The fourth-order valence-corrected chi connectivity index (χ4v) is 1.28. The largest absolute Gasteiger partial charge is 0.395 e. The monoisotopic (exact) mass is 197 g/mol. The molecule has 0 aliphatic rings. The van der Waals surface area contributed by atoms with Crippen LogP contribution in [0, 0.1) is 0 Å². The van der Waals surface area contributed by atoms with Crippen LogP contribution in [0.2, 0.25) is 0 Å². The van der Waals surface area contributed by atoms with E-state index in [0.29, 0.717) is 0 Å². The van der Waals surface area contributed by atoms with E-state index in [9.17, 15) is 0 Å². The van der Waals surface area contributed by atoms with Gasteiger partial charge in [0.05, 0.1) is 18.6 Å². The van der Waals surface area contributed by atoms with Gasteiger partial charge in [0.2, 0.25) is 0 Å². The predicted octanol–water partition coefficient (Wildman–Crippen LogP) is 0.763. The van der Waals surface area contributed by atoms with Crippen LogP contribution in [0.1, 0.15) is 26.0 Å². The van der Waals surface area contributed by atoms with E-state index in [4.69, 9.17) is 5.11 Å². The minimum Gasteiger partial charge on any atom is -0.395 e. The first-order chi connectivity index (χ1) is 6.77. The Balaban J connectivity index is 2.45. The maximum Gasteiger partial charge on any atom is 0.0948 e. The zero-order valence-electron chi connectivity index (χ0n) is 8.90. The number of nitrogens with one attached hydrogen (secondary N) is 1. The molecule has 0 unspecified atom stereocenters. The van der Waals surface area contributed by atoms with Crippen molar-refractivity contribution in [1.82, 2.24) is 14.9 Å². The van der Waals surface area contributed by atoms with Crippen LogP contribution in [0.5, 0.6) is 0 Å². The SMILES string of the molecule is CCCn1cncc1CN[C@H](C)CO. The van der Waals surface area contributed by atoms with Crippen molar-refractivity contribution in [3.63, 3.8) is 0 Å². The maximum absolute atomic E-state index is 8.85. The van der Waals surface area contributed by atoms with Crippen molar-refractivity contribution < 1.29 is 5.11 Å². The Hall–Kier alpha value is -0.870. The van der Waals surface area contributed by atoms with Crippen molar-refractivity contribution in [3.05, 3.63) is 18.2 Å². The van der Waals surface area contributed by atoms with E-state index >= 15 is 0 Å². The Kier molecular flexibility index (Phi) is 4.62. The molecule has 1 aromatic rings. The molecule has 1 atom stereocenters. The van der Waals surface area contributed by atoms with Gasteiger partial charge >= 0.3 is 0 Å². The number of aliphatic hydroxyl groups is 1. The molecule has 4 nitrogen and oxygen atoms in total. The van der Waals surface area contributed by atoms with E-state index in [-0.39, 0.29) is 12.6 Å². The summed E-state index contributed by atoms with van der Waals surface area (Å²) in [6, 6.07) is 0.139. The molecule has 0 radical (unpaired) electrons. The summed E-state index contributed by atoms with van der Waals surface area (Å²) in [4.78, 5) is 4.10. The summed E-state index contributed by atoms with van der Waals surface area (Å²) in [5.74, 6) is 0. The summed E-state index contributed by atoms with van der Waals surface area (Å²) in [5.41, 5.74) is 1.17. The molecular formula is C10H19N3O. The third-order valence-electron chi connectivity index (χ3n) is 2.17. The molecule has 1 aromatic heterocycles. The van der Waals surface area contributed by atoms with Crippen molar-refractivity contribution in [2.45, 2.75) is 39.4 Å². The standard InChI is InChI=1S/C10H19N3O/c1-3-4-13-8-11-5-10(13)6-12-9(2)7-14/h5,8-9,12,14H,3-4,6-7H2,1-2H3/t9-/m1/s1. The number of rotatable bonds is 6. The summed E-state index contributed by atoms with van der Waals surface area (Å²) >= 11 is 0. The highest BCUT2D eigenvalue weighted by molar-refractivity contribution is 4.98. The van der Waals surface area contributed by atoms with Crippen LogP contribution >= 0.6 is 0 Å². The molecule has 0 saturated carbocycles. The van der Waals surface area contributed by atoms with E-state index in [1.54, 1.807) is 0 Å². The van der Waals surface area contributed by atoms with Gasteiger partial charge in [0.25, 0.3) is 0 Å². The third-order valence-corrected chi connectivity index (χ3v) is 2.17. The number of aromatic nitrogens is 2. The number of hydrogen-bond donors (Lipinski definition) is 2. The van der Waals surface area contributed by atoms with E-state index in [0.717, 1.165) is 19.5 Å². The second-order valence-electron chi connectivity index (χ2n) is 3.54. The molecule has 1 rings (SSSR count). The van der Waals surface area contributed by atoms with Crippen LogP contribution in [-0.4, -0.2) is 27.3 Å². The van der Waals surface area contributed by atoms with Gasteiger partial charge in [-0.15, -0.1) is 0 Å². The fraction of sp³-hybridized carbons (Fsp3) is 0.700. The van der Waals surface area contributed by atoms with E-state index < -0.39 is 0 Å². The first kappa shape index (κ1) is 11.2. The minimum atomic E-state index is 0.139. The van der Waals surface area contributed by atoms with Crippen LogP contribution in [0.3, 0.4) is 0 Å². The molecule has 0 saturated heterocycles. The van der Waals surface area contributed by atoms with E-state index in [1.165, 1.54) is 5.69 Å². The van der Waals surface area contributed by atoms with Crippen LogP contribution in [0.4, 0.5) is 0 Å². The average molecular weight is 197 g/mol. The van der Waals surface area contributed by atoms with E-state index in [2.05, 4.69) is 21.8 Å². The first-order valence-corrected chi connectivity index (χ1v) is 5.11. The van der Waals surface area contributed by atoms with Gasteiger partial charge in [-0.25, -0.2) is 4.98 Å². The second-order valence-corrected chi connectivity index (χ2v) is 3.54. The molecule has 4 heteroatoms. The van der Waals surface area contributed by atoms with Gasteiger partial charge in [0.15, 0.2) is 0 Å². The molecular weight excluding hydrogens is 178 g/mol. The molecule has 80 valence electrons. The molecule has 0 fully saturated rings. The molecule has 0 bridgehead atoms. The third kappa shape index (κ3) is 3.12.